The van der Waals surface area contributed by atoms with E-state index in [1.807, 2.05) is 33.2 Å². The van der Waals surface area contributed by atoms with Crippen LogP contribution < -0.4 is 10.2 Å². The molecule has 0 amide bonds. The fourth-order valence-electron chi connectivity index (χ4n) is 3.86. The maximum absolute atomic E-state index is 12.5. The number of hydrogen-bond acceptors (Lipinski definition) is 4. The van der Waals surface area contributed by atoms with Crippen molar-refractivity contribution in [1.29, 1.82) is 0 Å². The Balaban J connectivity index is 1.79. The summed E-state index contributed by atoms with van der Waals surface area (Å²) in [6.07, 6.45) is 0.629. The van der Waals surface area contributed by atoms with E-state index in [2.05, 4.69) is 51.6 Å². The number of carbonyl (C=O) groups excluding carboxylic acids is 1. The lowest BCUT2D eigenvalue weighted by Crippen LogP contribution is -2.45. The Labute approximate surface area is 159 Å². The normalized spacial score (nSPS) is 18.9. The number of H-pyrrole nitrogens is 1. The second kappa shape index (κ2) is 7.08. The van der Waals surface area contributed by atoms with E-state index in [9.17, 15) is 4.79 Å². The molecule has 1 aliphatic rings. The van der Waals surface area contributed by atoms with Crippen LogP contribution >= 0.6 is 0 Å². The number of aromatic amines is 1. The average molecular weight is 363 g/mol. The van der Waals surface area contributed by atoms with Gasteiger partial charge in [-0.3, -0.25) is 10.1 Å². The second-order valence-electron chi connectivity index (χ2n) is 7.16. The van der Waals surface area contributed by atoms with E-state index >= 15 is 0 Å². The molecule has 2 atom stereocenters. The first-order chi connectivity index (χ1) is 13.1. The molecule has 2 aromatic carbocycles. The summed E-state index contributed by atoms with van der Waals surface area (Å²) in [5.41, 5.74) is 5.71. The third-order valence-corrected chi connectivity index (χ3v) is 5.23. The molecule has 2 unspecified atom stereocenters. The quantitative estimate of drug-likeness (QED) is 0.698. The molecule has 140 valence electrons. The summed E-state index contributed by atoms with van der Waals surface area (Å²) in [5.74, 6) is -0.191. The summed E-state index contributed by atoms with van der Waals surface area (Å²) in [4.78, 5) is 18.1. The van der Waals surface area contributed by atoms with Gasteiger partial charge in [0.05, 0.1) is 12.6 Å². The molecule has 0 radical (unpaired) electrons. The van der Waals surface area contributed by atoms with Crippen molar-refractivity contribution >= 4 is 22.6 Å². The summed E-state index contributed by atoms with van der Waals surface area (Å²) in [6.45, 7) is 2.23. The van der Waals surface area contributed by atoms with Gasteiger partial charge in [-0.15, -0.1) is 0 Å². The molecule has 1 aliphatic heterocycles. The predicted molar refractivity (Wildman–Crippen MR) is 108 cm³/mol. The highest BCUT2D eigenvalue weighted by Gasteiger charge is 2.34. The molecule has 2 N–H and O–H groups in total. The topological polar surface area (TPSA) is 57.4 Å². The number of esters is 1. The third-order valence-electron chi connectivity index (χ3n) is 5.23. The predicted octanol–water partition coefficient (Wildman–Crippen LogP) is 3.40. The van der Waals surface area contributed by atoms with Gasteiger partial charge in [-0.2, -0.15) is 0 Å². The van der Waals surface area contributed by atoms with Crippen molar-refractivity contribution in [1.82, 2.24) is 10.3 Å². The monoisotopic (exact) mass is 363 g/mol. The summed E-state index contributed by atoms with van der Waals surface area (Å²) in [7, 11) is 4.06. The van der Waals surface area contributed by atoms with Crippen molar-refractivity contribution in [2.24, 2.45) is 0 Å². The SMILES string of the molecule is CCOC(=O)C1Cc2c([nH]c3ccccc23)C(c2ccc(N(C)C)cc2)N1. The van der Waals surface area contributed by atoms with E-state index in [4.69, 9.17) is 4.74 Å². The van der Waals surface area contributed by atoms with E-state index in [1.54, 1.807) is 0 Å². The molecule has 0 saturated carbocycles. The number of nitrogens with one attached hydrogen (secondary N) is 2. The lowest BCUT2D eigenvalue weighted by molar-refractivity contribution is -0.146. The highest BCUT2D eigenvalue weighted by atomic mass is 16.5. The van der Waals surface area contributed by atoms with Crippen molar-refractivity contribution < 1.29 is 9.53 Å². The zero-order valence-corrected chi connectivity index (χ0v) is 16.0. The van der Waals surface area contributed by atoms with Crippen LogP contribution in [0.3, 0.4) is 0 Å². The van der Waals surface area contributed by atoms with E-state index < -0.39 is 0 Å². The highest BCUT2D eigenvalue weighted by molar-refractivity contribution is 5.87. The number of nitrogens with zero attached hydrogens (tertiary/aromatic N) is 1. The number of anilines is 1. The molecular formula is C22H25N3O2. The van der Waals surface area contributed by atoms with Gasteiger partial charge in [0, 0.05) is 42.8 Å². The number of rotatable bonds is 4. The van der Waals surface area contributed by atoms with Crippen LogP contribution in [0.15, 0.2) is 48.5 Å². The number of aromatic nitrogens is 1. The number of para-hydroxylation sites is 1. The Hall–Kier alpha value is -2.79. The van der Waals surface area contributed by atoms with Gasteiger partial charge in [0.15, 0.2) is 0 Å². The van der Waals surface area contributed by atoms with Gasteiger partial charge >= 0.3 is 5.97 Å². The largest absolute Gasteiger partial charge is 0.465 e. The van der Waals surface area contributed by atoms with Gasteiger partial charge in [0.25, 0.3) is 0 Å². The molecule has 0 aliphatic carbocycles. The zero-order valence-electron chi connectivity index (χ0n) is 16.0. The standard InChI is InChI=1S/C22H25N3O2/c1-4-27-22(26)19-13-17-16-7-5-6-8-18(16)23-21(17)20(24-19)14-9-11-15(12-10-14)25(2)3/h5-12,19-20,23-24H,4,13H2,1-3H3. The number of ether oxygens (including phenoxy) is 1. The molecule has 3 aromatic rings. The smallest absolute Gasteiger partial charge is 0.323 e. The van der Waals surface area contributed by atoms with Crippen LogP contribution in [0.5, 0.6) is 0 Å². The molecule has 2 heterocycles. The molecule has 5 heteroatoms. The lowest BCUT2D eigenvalue weighted by atomic mass is 9.90. The minimum Gasteiger partial charge on any atom is -0.465 e. The number of benzene rings is 2. The first-order valence-electron chi connectivity index (χ1n) is 9.38. The van der Waals surface area contributed by atoms with E-state index in [0.29, 0.717) is 13.0 Å². The highest BCUT2D eigenvalue weighted by Crippen LogP contribution is 2.35. The van der Waals surface area contributed by atoms with Gasteiger partial charge in [0.1, 0.15) is 6.04 Å². The maximum Gasteiger partial charge on any atom is 0.323 e. The van der Waals surface area contributed by atoms with Crippen molar-refractivity contribution in [3.05, 3.63) is 65.4 Å². The van der Waals surface area contributed by atoms with Crippen molar-refractivity contribution in [3.63, 3.8) is 0 Å². The Morgan fingerprint density at radius 3 is 2.59 bits per heavy atom. The van der Waals surface area contributed by atoms with Gasteiger partial charge in [0.2, 0.25) is 0 Å². The van der Waals surface area contributed by atoms with Crippen molar-refractivity contribution in [2.75, 3.05) is 25.6 Å². The van der Waals surface area contributed by atoms with Crippen LogP contribution in [0.1, 0.15) is 29.8 Å². The molecule has 0 saturated heterocycles. The summed E-state index contributed by atoms with van der Waals surface area (Å²) < 4.78 is 5.30. The van der Waals surface area contributed by atoms with E-state index in [-0.39, 0.29) is 18.1 Å². The van der Waals surface area contributed by atoms with Crippen molar-refractivity contribution in [2.45, 2.75) is 25.4 Å². The third kappa shape index (κ3) is 3.19. The fraction of sp³-hybridized carbons (Fsp3) is 0.318. The molecule has 4 rings (SSSR count). The molecule has 0 spiro atoms. The molecular weight excluding hydrogens is 338 g/mol. The summed E-state index contributed by atoms with van der Waals surface area (Å²) >= 11 is 0. The summed E-state index contributed by atoms with van der Waals surface area (Å²) in [6, 6.07) is 16.3. The lowest BCUT2D eigenvalue weighted by Gasteiger charge is -2.30. The Morgan fingerprint density at radius 1 is 1.15 bits per heavy atom. The maximum atomic E-state index is 12.5. The Morgan fingerprint density at radius 2 is 1.89 bits per heavy atom. The van der Waals surface area contributed by atoms with Gasteiger partial charge in [-0.05, 0) is 36.2 Å². The molecule has 1 aromatic heterocycles. The minimum absolute atomic E-state index is 0.0771. The van der Waals surface area contributed by atoms with Crippen molar-refractivity contribution in [3.8, 4) is 0 Å². The van der Waals surface area contributed by atoms with Crippen LogP contribution in [0, 0.1) is 0 Å². The minimum atomic E-state index is -0.352. The summed E-state index contributed by atoms with van der Waals surface area (Å²) in [5, 5.41) is 4.68. The van der Waals surface area contributed by atoms with E-state index in [1.165, 1.54) is 10.9 Å². The molecule has 27 heavy (non-hydrogen) atoms. The second-order valence-corrected chi connectivity index (χ2v) is 7.16. The van der Waals surface area contributed by atoms with Gasteiger partial charge < -0.3 is 14.6 Å². The Bertz CT molecular complexity index is 959. The first kappa shape index (κ1) is 17.6. The molecule has 0 bridgehead atoms. The zero-order chi connectivity index (χ0) is 19.0. The Kier molecular flexibility index (Phi) is 4.62. The first-order valence-corrected chi connectivity index (χ1v) is 9.38. The number of carbonyl (C=O) groups is 1. The number of hydrogen-bond donors (Lipinski definition) is 2. The van der Waals surface area contributed by atoms with Crippen LogP contribution in [-0.4, -0.2) is 37.7 Å². The van der Waals surface area contributed by atoms with Crippen LogP contribution in [0.2, 0.25) is 0 Å². The van der Waals surface area contributed by atoms with Crippen LogP contribution in [-0.2, 0) is 16.0 Å². The number of fused-ring (bicyclic) bond motifs is 3. The molecule has 0 fully saturated rings. The van der Waals surface area contributed by atoms with E-state index in [0.717, 1.165) is 22.5 Å². The van der Waals surface area contributed by atoms with Gasteiger partial charge in [-0.1, -0.05) is 30.3 Å². The van der Waals surface area contributed by atoms with Gasteiger partial charge in [-0.25, -0.2) is 0 Å². The van der Waals surface area contributed by atoms with Crippen LogP contribution in [0.4, 0.5) is 5.69 Å². The average Bonchev–Trinajstić information content (AvgIpc) is 3.06. The fourth-order valence-corrected chi connectivity index (χ4v) is 3.86. The molecule has 5 nitrogen and oxygen atoms in total. The van der Waals surface area contributed by atoms with Crippen LogP contribution in [0.25, 0.3) is 10.9 Å².